The summed E-state index contributed by atoms with van der Waals surface area (Å²) in [5.74, 6) is 1.26. The maximum Gasteiger partial charge on any atom is 0.254 e. The molecule has 0 aromatic heterocycles. The number of hydrogen-bond acceptors (Lipinski definition) is 4. The number of piperidine rings is 1. The molecule has 6 heteroatoms. The number of amides is 1. The molecule has 190 valence electrons. The van der Waals surface area contributed by atoms with Gasteiger partial charge in [0.1, 0.15) is 11.5 Å². The van der Waals surface area contributed by atoms with Crippen molar-refractivity contribution in [3.8, 4) is 11.5 Å². The Morgan fingerprint density at radius 3 is 2.39 bits per heavy atom. The molecule has 0 aliphatic carbocycles. The molecule has 1 heterocycles. The van der Waals surface area contributed by atoms with Crippen LogP contribution in [-0.4, -0.2) is 50.2 Å². The quantitative estimate of drug-likeness (QED) is 0.353. The molecular formula is C30H35ClN2O3. The molecular weight excluding hydrogens is 472 g/mol. The van der Waals surface area contributed by atoms with Gasteiger partial charge in [-0.25, -0.2) is 0 Å². The van der Waals surface area contributed by atoms with Gasteiger partial charge in [-0.15, -0.1) is 0 Å². The summed E-state index contributed by atoms with van der Waals surface area (Å²) < 4.78 is 10.8. The van der Waals surface area contributed by atoms with Crippen LogP contribution in [0, 0.1) is 0 Å². The molecule has 0 bridgehead atoms. The van der Waals surface area contributed by atoms with E-state index in [0.29, 0.717) is 29.6 Å². The summed E-state index contributed by atoms with van der Waals surface area (Å²) in [4.78, 5) is 15.7. The Kier molecular flexibility index (Phi) is 9.26. The van der Waals surface area contributed by atoms with Gasteiger partial charge >= 0.3 is 0 Å². The third-order valence-electron chi connectivity index (χ3n) is 6.85. The van der Waals surface area contributed by atoms with Crippen molar-refractivity contribution in [1.29, 1.82) is 0 Å². The summed E-state index contributed by atoms with van der Waals surface area (Å²) in [5.41, 5.74) is 3.10. The van der Waals surface area contributed by atoms with Crippen molar-refractivity contribution >= 4 is 17.5 Å². The number of carbonyl (C=O) groups excluding carboxylic acids is 1. The number of hydrogen-bond donors (Lipinski definition) is 1. The first-order valence-corrected chi connectivity index (χ1v) is 13.0. The van der Waals surface area contributed by atoms with Crippen LogP contribution in [0.25, 0.3) is 0 Å². The normalized spacial score (nSPS) is 17.6. The highest BCUT2D eigenvalue weighted by molar-refractivity contribution is 6.30. The van der Waals surface area contributed by atoms with Crippen molar-refractivity contribution in [1.82, 2.24) is 10.2 Å². The minimum atomic E-state index is 0.0209. The highest BCUT2D eigenvalue weighted by Gasteiger charge is 2.32. The van der Waals surface area contributed by atoms with Gasteiger partial charge in [0.15, 0.2) is 0 Å². The third-order valence-corrected chi connectivity index (χ3v) is 7.09. The van der Waals surface area contributed by atoms with Crippen molar-refractivity contribution in [2.75, 3.05) is 27.3 Å². The monoisotopic (exact) mass is 506 g/mol. The van der Waals surface area contributed by atoms with Crippen LogP contribution in [0.15, 0.2) is 72.8 Å². The molecule has 4 rings (SSSR count). The lowest BCUT2D eigenvalue weighted by Gasteiger charge is -2.40. The minimum Gasteiger partial charge on any atom is -0.497 e. The zero-order chi connectivity index (χ0) is 25.3. The third kappa shape index (κ3) is 7.02. The lowest BCUT2D eigenvalue weighted by molar-refractivity contribution is 0.0576. The fraction of sp³-hybridized carbons (Fsp3) is 0.367. The van der Waals surface area contributed by atoms with Gasteiger partial charge < -0.3 is 19.7 Å². The van der Waals surface area contributed by atoms with Gasteiger partial charge in [0, 0.05) is 35.3 Å². The molecule has 1 N–H and O–H groups in total. The highest BCUT2D eigenvalue weighted by Crippen LogP contribution is 2.27. The SMILES string of the molecule is COc1cc(OC)cc(C(=O)N2CC[C@H](NCCCc3cccc(Cl)c3)C[C@H]2Cc2ccccc2)c1. The number of benzene rings is 3. The summed E-state index contributed by atoms with van der Waals surface area (Å²) in [6, 6.07) is 24.4. The van der Waals surface area contributed by atoms with Crippen LogP contribution >= 0.6 is 11.6 Å². The second-order valence-electron chi connectivity index (χ2n) is 9.35. The van der Waals surface area contributed by atoms with E-state index < -0.39 is 0 Å². The van der Waals surface area contributed by atoms with Crippen LogP contribution in [0.3, 0.4) is 0 Å². The average molecular weight is 507 g/mol. The van der Waals surface area contributed by atoms with Crippen LogP contribution in [0.5, 0.6) is 11.5 Å². The summed E-state index contributed by atoms with van der Waals surface area (Å²) >= 11 is 6.12. The summed E-state index contributed by atoms with van der Waals surface area (Å²) in [6.45, 7) is 1.65. The number of carbonyl (C=O) groups is 1. The van der Waals surface area contributed by atoms with E-state index in [1.807, 2.05) is 29.2 Å². The number of methoxy groups -OCH3 is 2. The summed E-state index contributed by atoms with van der Waals surface area (Å²) in [5, 5.41) is 4.53. The summed E-state index contributed by atoms with van der Waals surface area (Å²) in [7, 11) is 3.20. The van der Waals surface area contributed by atoms with Crippen LogP contribution in [0.2, 0.25) is 5.02 Å². The van der Waals surface area contributed by atoms with E-state index in [2.05, 4.69) is 35.6 Å². The summed E-state index contributed by atoms with van der Waals surface area (Å²) in [6.07, 6.45) is 4.71. The average Bonchev–Trinajstić information content (AvgIpc) is 2.91. The Bertz CT molecular complexity index is 1120. The molecule has 1 amide bonds. The molecule has 2 atom stereocenters. The maximum atomic E-state index is 13.7. The smallest absolute Gasteiger partial charge is 0.254 e. The molecule has 0 radical (unpaired) electrons. The van der Waals surface area contributed by atoms with Crippen molar-refractivity contribution in [2.45, 2.75) is 44.2 Å². The Morgan fingerprint density at radius 2 is 1.69 bits per heavy atom. The van der Waals surface area contributed by atoms with Gasteiger partial charge in [-0.2, -0.15) is 0 Å². The predicted octanol–water partition coefficient (Wildman–Crippen LogP) is 5.80. The zero-order valence-corrected chi connectivity index (χ0v) is 21.8. The molecule has 0 spiro atoms. The van der Waals surface area contributed by atoms with Crippen LogP contribution in [0.1, 0.15) is 40.7 Å². The predicted molar refractivity (Wildman–Crippen MR) is 145 cm³/mol. The highest BCUT2D eigenvalue weighted by atomic mass is 35.5. The van der Waals surface area contributed by atoms with Crippen molar-refractivity contribution < 1.29 is 14.3 Å². The number of ether oxygens (including phenoxy) is 2. The molecule has 5 nitrogen and oxygen atoms in total. The van der Waals surface area contributed by atoms with Crippen LogP contribution in [0.4, 0.5) is 0 Å². The Balaban J connectivity index is 1.42. The van der Waals surface area contributed by atoms with E-state index in [-0.39, 0.29) is 11.9 Å². The first-order valence-electron chi connectivity index (χ1n) is 12.6. The van der Waals surface area contributed by atoms with E-state index in [1.54, 1.807) is 32.4 Å². The molecule has 1 fully saturated rings. The van der Waals surface area contributed by atoms with E-state index in [9.17, 15) is 4.79 Å². The fourth-order valence-electron chi connectivity index (χ4n) is 4.97. The number of likely N-dealkylation sites (tertiary alicyclic amines) is 1. The number of aryl methyl sites for hydroxylation is 1. The molecule has 1 aliphatic rings. The maximum absolute atomic E-state index is 13.7. The van der Waals surface area contributed by atoms with Crippen LogP contribution < -0.4 is 14.8 Å². The number of nitrogens with zero attached hydrogens (tertiary/aromatic N) is 1. The molecule has 3 aromatic carbocycles. The molecule has 0 saturated carbocycles. The first-order chi connectivity index (χ1) is 17.6. The number of halogens is 1. The van der Waals surface area contributed by atoms with Gasteiger partial charge in [-0.1, -0.05) is 54.1 Å². The topological polar surface area (TPSA) is 50.8 Å². The number of rotatable bonds is 10. The van der Waals surface area contributed by atoms with Crippen molar-refractivity contribution in [3.05, 3.63) is 94.5 Å². The van der Waals surface area contributed by atoms with E-state index in [4.69, 9.17) is 21.1 Å². The Labute approximate surface area is 219 Å². The zero-order valence-electron chi connectivity index (χ0n) is 21.1. The largest absolute Gasteiger partial charge is 0.497 e. The molecule has 36 heavy (non-hydrogen) atoms. The standard InChI is InChI=1S/C30H35ClN2O3/c1-35-28-18-24(19-29(21-28)36-2)30(34)33-15-13-26(20-27(33)17-23-8-4-3-5-9-23)32-14-7-11-22-10-6-12-25(31)16-22/h3-6,8-10,12,16,18-19,21,26-27,32H,7,11,13-15,17,20H2,1-2H3/t26-,27+/m0/s1. The molecule has 1 saturated heterocycles. The second kappa shape index (κ2) is 12.8. The lowest BCUT2D eigenvalue weighted by Crippen LogP contribution is -2.52. The van der Waals surface area contributed by atoms with Gasteiger partial charge in [0.25, 0.3) is 5.91 Å². The second-order valence-corrected chi connectivity index (χ2v) is 9.79. The Hall–Kier alpha value is -3.02. The van der Waals surface area contributed by atoms with Gasteiger partial charge in [-0.05, 0) is 74.0 Å². The van der Waals surface area contributed by atoms with Crippen molar-refractivity contribution in [2.24, 2.45) is 0 Å². The van der Waals surface area contributed by atoms with Gasteiger partial charge in [0.05, 0.1) is 14.2 Å². The molecule has 3 aromatic rings. The Morgan fingerprint density at radius 1 is 0.972 bits per heavy atom. The first kappa shape index (κ1) is 26.1. The fourth-order valence-corrected chi connectivity index (χ4v) is 5.18. The lowest BCUT2D eigenvalue weighted by atomic mass is 9.91. The number of nitrogens with one attached hydrogen (secondary N) is 1. The van der Waals surface area contributed by atoms with E-state index in [0.717, 1.165) is 43.7 Å². The van der Waals surface area contributed by atoms with E-state index >= 15 is 0 Å². The molecule has 0 unspecified atom stereocenters. The van der Waals surface area contributed by atoms with Gasteiger partial charge in [-0.3, -0.25) is 4.79 Å². The van der Waals surface area contributed by atoms with Gasteiger partial charge in [0.2, 0.25) is 0 Å². The molecule has 1 aliphatic heterocycles. The van der Waals surface area contributed by atoms with Crippen molar-refractivity contribution in [3.63, 3.8) is 0 Å². The van der Waals surface area contributed by atoms with Crippen LogP contribution in [-0.2, 0) is 12.8 Å². The minimum absolute atomic E-state index is 0.0209. The van der Waals surface area contributed by atoms with E-state index in [1.165, 1.54) is 11.1 Å².